The lowest BCUT2D eigenvalue weighted by atomic mass is 10.2. The molecule has 2 aromatic heterocycles. The first-order valence-corrected chi connectivity index (χ1v) is 10.0. The van der Waals surface area contributed by atoms with Crippen molar-refractivity contribution in [1.29, 1.82) is 0 Å². The molecule has 7 nitrogen and oxygen atoms in total. The molecule has 0 atom stereocenters. The molecule has 0 bridgehead atoms. The number of benzene rings is 1. The van der Waals surface area contributed by atoms with Gasteiger partial charge in [-0.2, -0.15) is 4.98 Å². The Labute approximate surface area is 166 Å². The van der Waals surface area contributed by atoms with Crippen LogP contribution in [0, 0.1) is 12.8 Å². The van der Waals surface area contributed by atoms with E-state index in [0.717, 1.165) is 62.1 Å². The molecule has 1 fully saturated rings. The third-order valence-corrected chi connectivity index (χ3v) is 5.20. The first-order valence-electron chi connectivity index (χ1n) is 10.0. The second-order valence-corrected chi connectivity index (χ2v) is 8.01. The van der Waals surface area contributed by atoms with Crippen LogP contribution < -0.4 is 10.6 Å². The molecule has 0 saturated carbocycles. The van der Waals surface area contributed by atoms with Crippen molar-refractivity contribution in [2.45, 2.75) is 33.9 Å². The first-order chi connectivity index (χ1) is 13.5. The number of aromatic nitrogens is 4. The van der Waals surface area contributed by atoms with Gasteiger partial charge in [-0.05, 0) is 25.0 Å². The van der Waals surface area contributed by atoms with Gasteiger partial charge in [-0.25, -0.2) is 9.97 Å². The molecule has 28 heavy (non-hydrogen) atoms. The van der Waals surface area contributed by atoms with Gasteiger partial charge in [-0.3, -0.25) is 4.90 Å². The molecular formula is C21H29N7. The minimum atomic E-state index is 0.347. The molecule has 7 heteroatoms. The maximum absolute atomic E-state index is 5.82. The number of anilines is 2. The Morgan fingerprint density at radius 1 is 1.04 bits per heavy atom. The lowest BCUT2D eigenvalue weighted by Crippen LogP contribution is -2.46. The maximum atomic E-state index is 5.82. The highest BCUT2D eigenvalue weighted by molar-refractivity contribution is 5.75. The van der Waals surface area contributed by atoms with E-state index < -0.39 is 0 Å². The average Bonchev–Trinajstić information content (AvgIpc) is 2.98. The van der Waals surface area contributed by atoms with Crippen molar-refractivity contribution in [3.05, 3.63) is 41.9 Å². The summed E-state index contributed by atoms with van der Waals surface area (Å²) in [5.41, 5.74) is 9.05. The topological polar surface area (TPSA) is 76.1 Å². The summed E-state index contributed by atoms with van der Waals surface area (Å²) in [5.74, 6) is 3.02. The number of hydrogen-bond acceptors (Lipinski definition) is 6. The Morgan fingerprint density at radius 2 is 1.79 bits per heavy atom. The van der Waals surface area contributed by atoms with Crippen LogP contribution >= 0.6 is 0 Å². The van der Waals surface area contributed by atoms with Gasteiger partial charge in [0.15, 0.2) is 0 Å². The summed E-state index contributed by atoms with van der Waals surface area (Å²) in [6, 6.07) is 10.4. The van der Waals surface area contributed by atoms with E-state index in [1.54, 1.807) is 0 Å². The molecule has 0 spiro atoms. The fourth-order valence-corrected chi connectivity index (χ4v) is 3.89. The molecule has 0 radical (unpaired) electrons. The lowest BCUT2D eigenvalue weighted by molar-refractivity contribution is 0.239. The second-order valence-electron chi connectivity index (χ2n) is 8.01. The molecule has 148 valence electrons. The van der Waals surface area contributed by atoms with E-state index in [1.165, 1.54) is 5.52 Å². The monoisotopic (exact) mass is 379 g/mol. The number of nitrogens with zero attached hydrogens (tertiary/aromatic N) is 6. The van der Waals surface area contributed by atoms with Crippen LogP contribution in [-0.4, -0.2) is 50.6 Å². The van der Waals surface area contributed by atoms with E-state index in [1.807, 2.05) is 13.0 Å². The number of aryl methyl sites for hydroxylation is 1. The van der Waals surface area contributed by atoms with Crippen LogP contribution in [0.2, 0.25) is 0 Å². The molecule has 1 aromatic carbocycles. The Bertz CT molecular complexity index is 934. The van der Waals surface area contributed by atoms with Crippen LogP contribution in [0.1, 0.15) is 25.4 Å². The van der Waals surface area contributed by atoms with Crippen LogP contribution in [0.5, 0.6) is 0 Å². The molecule has 1 aliphatic rings. The molecule has 1 saturated heterocycles. The highest BCUT2D eigenvalue weighted by atomic mass is 15.3. The van der Waals surface area contributed by atoms with Gasteiger partial charge in [0.2, 0.25) is 5.95 Å². The van der Waals surface area contributed by atoms with E-state index in [0.29, 0.717) is 11.9 Å². The predicted molar refractivity (Wildman–Crippen MR) is 113 cm³/mol. The van der Waals surface area contributed by atoms with Crippen molar-refractivity contribution < 1.29 is 0 Å². The smallest absolute Gasteiger partial charge is 0.222 e. The average molecular weight is 380 g/mol. The van der Waals surface area contributed by atoms with E-state index in [9.17, 15) is 0 Å². The molecule has 1 aliphatic heterocycles. The third-order valence-electron chi connectivity index (χ3n) is 5.20. The summed E-state index contributed by atoms with van der Waals surface area (Å²) in [4.78, 5) is 18.3. The number of imidazole rings is 1. The van der Waals surface area contributed by atoms with Gasteiger partial charge in [0, 0.05) is 44.5 Å². The molecule has 0 amide bonds. The summed E-state index contributed by atoms with van der Waals surface area (Å²) in [7, 11) is 0. The number of rotatable bonds is 5. The van der Waals surface area contributed by atoms with Gasteiger partial charge in [0.1, 0.15) is 11.6 Å². The van der Waals surface area contributed by atoms with Crippen LogP contribution in [0.15, 0.2) is 30.3 Å². The van der Waals surface area contributed by atoms with E-state index in [4.69, 9.17) is 10.7 Å². The van der Waals surface area contributed by atoms with Crippen LogP contribution in [0.4, 0.5) is 11.8 Å². The highest BCUT2D eigenvalue weighted by Crippen LogP contribution is 2.21. The Balaban J connectivity index is 1.47. The summed E-state index contributed by atoms with van der Waals surface area (Å²) in [6.07, 6.45) is 0. The number of hydrogen-bond donors (Lipinski definition) is 1. The summed E-state index contributed by atoms with van der Waals surface area (Å²) in [5, 5.41) is 0. The number of nitrogen functional groups attached to an aromatic ring is 1. The summed E-state index contributed by atoms with van der Waals surface area (Å²) in [6.45, 7) is 12.2. The molecule has 3 heterocycles. The van der Waals surface area contributed by atoms with Crippen LogP contribution in [0.25, 0.3) is 11.0 Å². The Morgan fingerprint density at radius 3 is 2.50 bits per heavy atom. The number of para-hydroxylation sites is 2. The van der Waals surface area contributed by atoms with Crippen LogP contribution in [-0.2, 0) is 13.1 Å². The SMILES string of the molecule is Cc1cc(N2CCN(Cc3nc4ccccc4n3CC(C)C)CC2)nc(N)n1. The summed E-state index contributed by atoms with van der Waals surface area (Å²) >= 11 is 0. The quantitative estimate of drug-likeness (QED) is 0.735. The fourth-order valence-electron chi connectivity index (χ4n) is 3.89. The number of fused-ring (bicyclic) bond motifs is 1. The van der Waals surface area contributed by atoms with Crippen molar-refractivity contribution in [2.24, 2.45) is 5.92 Å². The zero-order valence-corrected chi connectivity index (χ0v) is 17.0. The number of nitrogens with two attached hydrogens (primary N) is 1. The Hall–Kier alpha value is -2.67. The maximum Gasteiger partial charge on any atom is 0.222 e. The van der Waals surface area contributed by atoms with Gasteiger partial charge in [0.05, 0.1) is 17.6 Å². The van der Waals surface area contributed by atoms with Crippen molar-refractivity contribution >= 4 is 22.8 Å². The molecular weight excluding hydrogens is 350 g/mol. The zero-order chi connectivity index (χ0) is 19.7. The highest BCUT2D eigenvalue weighted by Gasteiger charge is 2.21. The molecule has 3 aromatic rings. The minimum Gasteiger partial charge on any atom is -0.368 e. The van der Waals surface area contributed by atoms with Crippen LogP contribution in [0.3, 0.4) is 0 Å². The minimum absolute atomic E-state index is 0.347. The predicted octanol–water partition coefficient (Wildman–Crippen LogP) is 2.70. The normalized spacial score (nSPS) is 15.6. The van der Waals surface area contributed by atoms with Gasteiger partial charge >= 0.3 is 0 Å². The zero-order valence-electron chi connectivity index (χ0n) is 17.0. The van der Waals surface area contributed by atoms with Gasteiger partial charge in [0.25, 0.3) is 0 Å². The lowest BCUT2D eigenvalue weighted by Gasteiger charge is -2.35. The standard InChI is InChI=1S/C21H29N7/c1-15(2)13-28-18-7-5-4-6-17(18)24-20(28)14-26-8-10-27(11-9-26)19-12-16(3)23-21(22)25-19/h4-7,12,15H,8-11,13-14H2,1-3H3,(H2,22,23,25). The van der Waals surface area contributed by atoms with E-state index in [-0.39, 0.29) is 0 Å². The Kier molecular flexibility index (Phi) is 5.17. The van der Waals surface area contributed by atoms with Gasteiger partial charge in [-0.1, -0.05) is 26.0 Å². The van der Waals surface area contributed by atoms with Gasteiger partial charge in [-0.15, -0.1) is 0 Å². The van der Waals surface area contributed by atoms with Gasteiger partial charge < -0.3 is 15.2 Å². The molecule has 0 unspecified atom stereocenters. The fraction of sp³-hybridized carbons (Fsp3) is 0.476. The van der Waals surface area contributed by atoms with E-state index in [2.05, 4.69) is 62.4 Å². The van der Waals surface area contributed by atoms with Crippen molar-refractivity contribution in [3.63, 3.8) is 0 Å². The largest absolute Gasteiger partial charge is 0.368 e. The third kappa shape index (κ3) is 3.94. The summed E-state index contributed by atoms with van der Waals surface area (Å²) < 4.78 is 2.39. The van der Waals surface area contributed by atoms with Crippen molar-refractivity contribution in [3.8, 4) is 0 Å². The second kappa shape index (κ2) is 7.75. The van der Waals surface area contributed by atoms with Crippen molar-refractivity contribution in [1.82, 2.24) is 24.4 Å². The van der Waals surface area contributed by atoms with Crippen molar-refractivity contribution in [2.75, 3.05) is 36.8 Å². The molecule has 4 rings (SSSR count). The molecule has 2 N–H and O–H groups in total. The first kappa shape index (κ1) is 18.7. The van der Waals surface area contributed by atoms with E-state index >= 15 is 0 Å². The molecule has 0 aliphatic carbocycles. The number of piperazine rings is 1.